The Morgan fingerprint density at radius 3 is 2.27 bits per heavy atom. The summed E-state index contributed by atoms with van der Waals surface area (Å²) >= 11 is 0. The molecule has 8 heteroatoms. The first kappa shape index (κ1) is 31.4. The van der Waals surface area contributed by atoms with Gasteiger partial charge in [-0.15, -0.1) is 0 Å². The third-order valence-corrected chi connectivity index (χ3v) is 9.27. The topological polar surface area (TPSA) is 97.3 Å². The number of carbonyl (C=O) groups is 2. The summed E-state index contributed by atoms with van der Waals surface area (Å²) in [6.07, 6.45) is 3.49. The van der Waals surface area contributed by atoms with Gasteiger partial charge in [0.15, 0.2) is 11.5 Å². The molecule has 0 bridgehead atoms. The van der Waals surface area contributed by atoms with Crippen LogP contribution in [0.2, 0.25) is 0 Å². The summed E-state index contributed by atoms with van der Waals surface area (Å²) in [7, 11) is 1.64. The second-order valence-corrected chi connectivity index (χ2v) is 12.3. The van der Waals surface area contributed by atoms with E-state index in [2.05, 4.69) is 5.32 Å². The average Bonchev–Trinajstić information content (AvgIpc) is 3.68. The van der Waals surface area contributed by atoms with Gasteiger partial charge in [-0.3, -0.25) is 4.79 Å². The number of hydrogen-bond donors (Lipinski definition) is 2. The van der Waals surface area contributed by atoms with Crippen molar-refractivity contribution in [1.29, 1.82) is 0 Å². The minimum atomic E-state index is -0.838. The van der Waals surface area contributed by atoms with Crippen molar-refractivity contribution < 1.29 is 28.9 Å². The van der Waals surface area contributed by atoms with Gasteiger partial charge >= 0.3 is 6.09 Å². The van der Waals surface area contributed by atoms with Gasteiger partial charge in [-0.05, 0) is 61.4 Å². The van der Waals surface area contributed by atoms with Crippen LogP contribution in [0.3, 0.4) is 0 Å². The summed E-state index contributed by atoms with van der Waals surface area (Å²) in [5, 5.41) is 13.9. The van der Waals surface area contributed by atoms with E-state index in [0.717, 1.165) is 42.4 Å². The molecule has 5 rings (SSSR count). The normalized spacial score (nSPS) is 21.5. The minimum absolute atomic E-state index is 0.105. The lowest BCUT2D eigenvalue weighted by molar-refractivity contribution is -0.133. The van der Waals surface area contributed by atoms with Crippen LogP contribution in [-0.2, 0) is 22.6 Å². The number of aliphatic hydroxyl groups is 1. The van der Waals surface area contributed by atoms with E-state index in [0.29, 0.717) is 31.0 Å². The van der Waals surface area contributed by atoms with E-state index in [1.165, 1.54) is 0 Å². The third-order valence-electron chi connectivity index (χ3n) is 9.27. The molecule has 2 N–H and O–H groups in total. The highest BCUT2D eigenvalue weighted by Gasteiger charge is 2.49. The van der Waals surface area contributed by atoms with Gasteiger partial charge in [0.2, 0.25) is 5.91 Å². The van der Waals surface area contributed by atoms with Crippen LogP contribution < -0.4 is 14.8 Å². The van der Waals surface area contributed by atoms with Gasteiger partial charge in [0.25, 0.3) is 0 Å². The summed E-state index contributed by atoms with van der Waals surface area (Å²) in [5.74, 6) is 0.993. The van der Waals surface area contributed by atoms with Crippen molar-refractivity contribution in [3.63, 3.8) is 0 Å². The van der Waals surface area contributed by atoms with E-state index >= 15 is 0 Å². The fourth-order valence-corrected chi connectivity index (χ4v) is 6.46. The number of likely N-dealkylation sites (tertiary alicyclic amines) is 1. The van der Waals surface area contributed by atoms with Crippen LogP contribution in [0.5, 0.6) is 11.5 Å². The molecule has 4 atom stereocenters. The van der Waals surface area contributed by atoms with Crippen LogP contribution in [0.4, 0.5) is 4.79 Å². The molecule has 3 aromatic rings. The lowest BCUT2D eigenvalue weighted by atomic mass is 9.72. The summed E-state index contributed by atoms with van der Waals surface area (Å²) in [6, 6.07) is 24.1. The van der Waals surface area contributed by atoms with Crippen molar-refractivity contribution in [2.75, 3.05) is 20.2 Å². The van der Waals surface area contributed by atoms with Gasteiger partial charge in [-0.1, -0.05) is 73.7 Å². The number of alkyl carbamates (subject to hydrolysis) is 1. The van der Waals surface area contributed by atoms with Crippen LogP contribution in [0, 0.1) is 5.41 Å². The number of benzene rings is 3. The van der Waals surface area contributed by atoms with Crippen molar-refractivity contribution in [3.8, 4) is 11.5 Å². The lowest BCUT2D eigenvalue weighted by Crippen LogP contribution is -2.50. The van der Waals surface area contributed by atoms with Crippen molar-refractivity contribution in [2.45, 2.75) is 76.7 Å². The Kier molecular flexibility index (Phi) is 10.1. The Bertz CT molecular complexity index is 1390. The monoisotopic (exact) mass is 600 g/mol. The molecular formula is C36H44N2O6. The molecule has 2 fully saturated rings. The van der Waals surface area contributed by atoms with Crippen molar-refractivity contribution in [1.82, 2.24) is 10.2 Å². The lowest BCUT2D eigenvalue weighted by Gasteiger charge is -2.34. The molecule has 0 radical (unpaired) electrons. The summed E-state index contributed by atoms with van der Waals surface area (Å²) < 4.78 is 17.5. The molecule has 2 amide bonds. The van der Waals surface area contributed by atoms with Gasteiger partial charge < -0.3 is 29.5 Å². The predicted molar refractivity (Wildman–Crippen MR) is 169 cm³/mol. The molecule has 3 aromatic carbocycles. The molecule has 44 heavy (non-hydrogen) atoms. The second-order valence-electron chi connectivity index (χ2n) is 12.3. The maximum atomic E-state index is 14.2. The van der Waals surface area contributed by atoms with E-state index in [1.54, 1.807) is 18.9 Å². The second kappa shape index (κ2) is 14.2. The average molecular weight is 601 g/mol. The first-order valence-corrected chi connectivity index (χ1v) is 15.6. The van der Waals surface area contributed by atoms with Gasteiger partial charge in [-0.2, -0.15) is 0 Å². The van der Waals surface area contributed by atoms with Crippen molar-refractivity contribution in [2.24, 2.45) is 5.41 Å². The van der Waals surface area contributed by atoms with Gasteiger partial charge in [0, 0.05) is 30.8 Å². The molecule has 0 aromatic heterocycles. The van der Waals surface area contributed by atoms with E-state index in [4.69, 9.17) is 14.2 Å². The molecule has 1 saturated heterocycles. The van der Waals surface area contributed by atoms with Crippen LogP contribution in [0.15, 0.2) is 78.9 Å². The SMILES string of the molecule is COc1ccc([C@@H]2CN(C(=O)C(Cc3ccccc3)NC(=O)OCc3ccccc3)C[C@@]2(C)[C@H](C)O)cc1OC1CCCC1. The Labute approximate surface area is 260 Å². The molecule has 1 aliphatic carbocycles. The quantitative estimate of drug-likeness (QED) is 0.286. The molecule has 1 saturated carbocycles. The first-order chi connectivity index (χ1) is 21.3. The number of ether oxygens (including phenoxy) is 3. The molecule has 1 aliphatic heterocycles. The molecular weight excluding hydrogens is 556 g/mol. The van der Waals surface area contributed by atoms with Gasteiger partial charge in [-0.25, -0.2) is 4.79 Å². The van der Waals surface area contributed by atoms with E-state index in [9.17, 15) is 14.7 Å². The van der Waals surface area contributed by atoms with Crippen LogP contribution in [-0.4, -0.2) is 60.5 Å². The largest absolute Gasteiger partial charge is 0.493 e. The minimum Gasteiger partial charge on any atom is -0.493 e. The molecule has 0 spiro atoms. The number of methoxy groups -OCH3 is 1. The zero-order valence-corrected chi connectivity index (χ0v) is 25.9. The standard InChI is InChI=1S/C36H44N2O6/c1-25(39)36(2)24-38(22-30(36)28-18-19-32(42-3)33(21-28)44-29-16-10-11-17-29)34(40)31(20-26-12-6-4-7-13-26)37-35(41)43-23-27-14-8-5-9-15-27/h4-9,12-15,18-19,21,25,29-31,39H,10-11,16-17,20,22-24H2,1-3H3,(H,37,41)/t25-,30-,31?,36-/m0/s1. The number of aliphatic hydroxyl groups excluding tert-OH is 1. The Morgan fingerprint density at radius 1 is 0.977 bits per heavy atom. The van der Waals surface area contributed by atoms with Crippen LogP contribution in [0.1, 0.15) is 62.1 Å². The zero-order valence-electron chi connectivity index (χ0n) is 25.9. The summed E-state index contributed by atoms with van der Waals surface area (Å²) in [4.78, 5) is 28.9. The number of carbonyl (C=O) groups excluding carboxylic acids is 2. The Morgan fingerprint density at radius 2 is 1.64 bits per heavy atom. The fourth-order valence-electron chi connectivity index (χ4n) is 6.46. The molecule has 1 unspecified atom stereocenters. The Hall–Kier alpha value is -4.04. The number of hydrogen-bond acceptors (Lipinski definition) is 6. The highest BCUT2D eigenvalue weighted by molar-refractivity contribution is 5.86. The summed E-state index contributed by atoms with van der Waals surface area (Å²) in [6.45, 7) is 4.63. The number of nitrogens with one attached hydrogen (secondary N) is 1. The highest BCUT2D eigenvalue weighted by Crippen LogP contribution is 2.47. The van der Waals surface area contributed by atoms with Crippen LogP contribution >= 0.6 is 0 Å². The summed E-state index contributed by atoms with van der Waals surface area (Å²) in [5.41, 5.74) is 2.14. The first-order valence-electron chi connectivity index (χ1n) is 15.6. The van der Waals surface area contributed by atoms with Gasteiger partial charge in [0.05, 0.1) is 19.3 Å². The zero-order chi connectivity index (χ0) is 31.1. The van der Waals surface area contributed by atoms with E-state index < -0.39 is 23.7 Å². The van der Waals surface area contributed by atoms with Crippen molar-refractivity contribution in [3.05, 3.63) is 95.6 Å². The Balaban J connectivity index is 1.36. The highest BCUT2D eigenvalue weighted by atomic mass is 16.5. The van der Waals surface area contributed by atoms with Gasteiger partial charge in [0.1, 0.15) is 12.6 Å². The number of rotatable bonds is 11. The maximum absolute atomic E-state index is 14.2. The number of amides is 2. The molecule has 1 heterocycles. The van der Waals surface area contributed by atoms with E-state index in [1.807, 2.05) is 85.8 Å². The third kappa shape index (κ3) is 7.36. The van der Waals surface area contributed by atoms with Crippen molar-refractivity contribution >= 4 is 12.0 Å². The van der Waals surface area contributed by atoms with E-state index in [-0.39, 0.29) is 24.5 Å². The smallest absolute Gasteiger partial charge is 0.408 e. The maximum Gasteiger partial charge on any atom is 0.408 e. The fraction of sp³-hybridized carbons (Fsp3) is 0.444. The number of nitrogens with zero attached hydrogens (tertiary/aromatic N) is 1. The molecule has 2 aliphatic rings. The van der Waals surface area contributed by atoms with Crippen LogP contribution in [0.25, 0.3) is 0 Å². The molecule has 234 valence electrons. The molecule has 8 nitrogen and oxygen atoms in total. The predicted octanol–water partition coefficient (Wildman–Crippen LogP) is 5.87.